The molecule has 0 aliphatic carbocycles. The molecule has 1 aromatic rings. The first-order valence-electron chi connectivity index (χ1n) is 5.30. The Morgan fingerprint density at radius 3 is 2.21 bits per heavy atom. The van der Waals surface area contributed by atoms with E-state index < -0.39 is 0 Å². The van der Waals surface area contributed by atoms with Gasteiger partial charge in [0.2, 0.25) is 0 Å². The van der Waals surface area contributed by atoms with Crippen molar-refractivity contribution in [2.75, 3.05) is 10.6 Å². The van der Waals surface area contributed by atoms with Crippen LogP contribution in [0.25, 0.3) is 0 Å². The molecule has 0 unspecified atom stereocenters. The first-order valence-corrected chi connectivity index (χ1v) is 5.30. The third kappa shape index (κ3) is 1.57. The van der Waals surface area contributed by atoms with Crippen LogP contribution >= 0.6 is 0 Å². The number of anilines is 2. The number of fused-ring (bicyclic) bond motifs is 1. The van der Waals surface area contributed by atoms with E-state index >= 15 is 0 Å². The van der Waals surface area contributed by atoms with Gasteiger partial charge in [-0.15, -0.1) is 0 Å². The zero-order valence-corrected chi connectivity index (χ0v) is 9.04. The number of nitrogens with one attached hydrogen (secondary N) is 2. The smallest absolute Gasteiger partial charge is 0.0579 e. The summed E-state index contributed by atoms with van der Waals surface area (Å²) in [5.41, 5.74) is 2.45. The second-order valence-corrected chi connectivity index (χ2v) is 4.39. The van der Waals surface area contributed by atoms with Crippen molar-refractivity contribution >= 4 is 11.4 Å². The van der Waals surface area contributed by atoms with Crippen molar-refractivity contribution in [1.29, 1.82) is 0 Å². The van der Waals surface area contributed by atoms with Crippen LogP contribution < -0.4 is 10.6 Å². The lowest BCUT2D eigenvalue weighted by atomic mass is 9.94. The van der Waals surface area contributed by atoms with Crippen molar-refractivity contribution in [2.45, 2.75) is 32.9 Å². The standard InChI is InChI=1S/C12H18N2/c1-8(2)12-9(3)13-10-6-4-5-7-11(10)14-12/h4-9,12-14H,1-3H3/t9-,12-/m1/s1. The van der Waals surface area contributed by atoms with Crippen LogP contribution in [0.15, 0.2) is 24.3 Å². The van der Waals surface area contributed by atoms with Crippen LogP contribution in [0.2, 0.25) is 0 Å². The maximum atomic E-state index is 3.58. The fourth-order valence-electron chi connectivity index (χ4n) is 2.12. The Kier molecular flexibility index (Phi) is 2.36. The van der Waals surface area contributed by atoms with E-state index in [0.717, 1.165) is 0 Å². The van der Waals surface area contributed by atoms with Gasteiger partial charge in [-0.3, -0.25) is 0 Å². The molecule has 0 radical (unpaired) electrons. The summed E-state index contributed by atoms with van der Waals surface area (Å²) in [6, 6.07) is 9.39. The lowest BCUT2D eigenvalue weighted by Gasteiger charge is -2.36. The summed E-state index contributed by atoms with van der Waals surface area (Å²) < 4.78 is 0. The Labute approximate surface area is 85.7 Å². The van der Waals surface area contributed by atoms with E-state index in [0.29, 0.717) is 18.0 Å². The van der Waals surface area contributed by atoms with Gasteiger partial charge >= 0.3 is 0 Å². The largest absolute Gasteiger partial charge is 0.379 e. The quantitative estimate of drug-likeness (QED) is 0.711. The van der Waals surface area contributed by atoms with E-state index in [1.165, 1.54) is 11.4 Å². The van der Waals surface area contributed by atoms with Gasteiger partial charge in [-0.1, -0.05) is 26.0 Å². The van der Waals surface area contributed by atoms with Crippen molar-refractivity contribution < 1.29 is 0 Å². The molecule has 0 spiro atoms. The first-order chi connectivity index (χ1) is 6.68. The fourth-order valence-corrected chi connectivity index (χ4v) is 2.12. The molecule has 2 heteroatoms. The van der Waals surface area contributed by atoms with Crippen molar-refractivity contribution in [2.24, 2.45) is 5.92 Å². The summed E-state index contributed by atoms with van der Waals surface area (Å²) in [6.45, 7) is 6.74. The molecule has 2 nitrogen and oxygen atoms in total. The Hall–Kier alpha value is -1.18. The van der Waals surface area contributed by atoms with Gasteiger partial charge in [0.05, 0.1) is 11.4 Å². The second-order valence-electron chi connectivity index (χ2n) is 4.39. The van der Waals surface area contributed by atoms with Gasteiger partial charge in [0.15, 0.2) is 0 Å². The summed E-state index contributed by atoms with van der Waals surface area (Å²) in [5, 5.41) is 7.11. The SMILES string of the molecule is CC(C)[C@H]1Nc2ccccc2N[C@@H]1C. The van der Waals surface area contributed by atoms with Crippen molar-refractivity contribution in [1.82, 2.24) is 0 Å². The minimum Gasteiger partial charge on any atom is -0.379 e. The van der Waals surface area contributed by atoms with Crippen LogP contribution in [0.4, 0.5) is 11.4 Å². The van der Waals surface area contributed by atoms with Gasteiger partial charge in [-0.05, 0) is 25.0 Å². The van der Waals surface area contributed by atoms with Gasteiger partial charge in [0, 0.05) is 12.1 Å². The van der Waals surface area contributed by atoms with E-state index in [-0.39, 0.29) is 0 Å². The number of hydrogen-bond donors (Lipinski definition) is 2. The van der Waals surface area contributed by atoms with E-state index in [4.69, 9.17) is 0 Å². The van der Waals surface area contributed by atoms with Crippen molar-refractivity contribution in [3.63, 3.8) is 0 Å². The zero-order chi connectivity index (χ0) is 10.1. The highest BCUT2D eigenvalue weighted by Crippen LogP contribution is 2.30. The molecule has 0 saturated carbocycles. The number of rotatable bonds is 1. The van der Waals surface area contributed by atoms with E-state index in [2.05, 4.69) is 55.7 Å². The summed E-state index contributed by atoms with van der Waals surface area (Å²) >= 11 is 0. The Balaban J connectivity index is 2.27. The Bertz CT molecular complexity index is 320. The molecule has 0 saturated heterocycles. The lowest BCUT2D eigenvalue weighted by Crippen LogP contribution is -2.44. The lowest BCUT2D eigenvalue weighted by molar-refractivity contribution is 0.472. The second kappa shape index (κ2) is 3.52. The van der Waals surface area contributed by atoms with Gasteiger partial charge in [0.1, 0.15) is 0 Å². The molecule has 1 heterocycles. The molecule has 2 atom stereocenters. The molecule has 1 aliphatic heterocycles. The minimum absolute atomic E-state index is 0.491. The molecule has 2 rings (SSSR count). The Morgan fingerprint density at radius 2 is 1.64 bits per heavy atom. The first kappa shape index (κ1) is 9.38. The van der Waals surface area contributed by atoms with E-state index in [1.54, 1.807) is 0 Å². The summed E-state index contributed by atoms with van der Waals surface area (Å²) in [5.74, 6) is 0.644. The molecule has 2 N–H and O–H groups in total. The van der Waals surface area contributed by atoms with Crippen LogP contribution in [0.1, 0.15) is 20.8 Å². The molecule has 76 valence electrons. The molecule has 1 aliphatic rings. The highest BCUT2D eigenvalue weighted by molar-refractivity contribution is 5.71. The monoisotopic (exact) mass is 190 g/mol. The van der Waals surface area contributed by atoms with Crippen molar-refractivity contribution in [3.05, 3.63) is 24.3 Å². The molecule has 0 aromatic heterocycles. The molecular formula is C12H18N2. The summed E-state index contributed by atoms with van der Waals surface area (Å²) in [7, 11) is 0. The summed E-state index contributed by atoms with van der Waals surface area (Å²) in [4.78, 5) is 0. The maximum absolute atomic E-state index is 3.58. The van der Waals surface area contributed by atoms with Crippen LogP contribution in [-0.4, -0.2) is 12.1 Å². The highest BCUT2D eigenvalue weighted by Gasteiger charge is 2.25. The fraction of sp³-hybridized carbons (Fsp3) is 0.500. The molecule has 1 aromatic carbocycles. The van der Waals surface area contributed by atoms with Crippen LogP contribution in [0, 0.1) is 5.92 Å². The molecular weight excluding hydrogens is 172 g/mol. The number of para-hydroxylation sites is 2. The van der Waals surface area contributed by atoms with Gasteiger partial charge in [-0.2, -0.15) is 0 Å². The van der Waals surface area contributed by atoms with Crippen LogP contribution in [-0.2, 0) is 0 Å². The normalized spacial score (nSPS) is 25.1. The number of benzene rings is 1. The highest BCUT2D eigenvalue weighted by atomic mass is 15.1. The van der Waals surface area contributed by atoms with E-state index in [9.17, 15) is 0 Å². The molecule has 0 bridgehead atoms. The van der Waals surface area contributed by atoms with Gasteiger partial charge < -0.3 is 10.6 Å². The van der Waals surface area contributed by atoms with Crippen LogP contribution in [0.3, 0.4) is 0 Å². The van der Waals surface area contributed by atoms with Gasteiger partial charge in [-0.25, -0.2) is 0 Å². The average molecular weight is 190 g/mol. The third-order valence-corrected chi connectivity index (χ3v) is 2.89. The van der Waals surface area contributed by atoms with Crippen molar-refractivity contribution in [3.8, 4) is 0 Å². The predicted molar refractivity (Wildman–Crippen MR) is 61.8 cm³/mol. The predicted octanol–water partition coefficient (Wildman–Crippen LogP) is 2.94. The van der Waals surface area contributed by atoms with E-state index in [1.807, 2.05) is 0 Å². The van der Waals surface area contributed by atoms with Crippen LogP contribution in [0.5, 0.6) is 0 Å². The average Bonchev–Trinajstić information content (AvgIpc) is 2.16. The zero-order valence-electron chi connectivity index (χ0n) is 9.04. The number of hydrogen-bond acceptors (Lipinski definition) is 2. The molecule has 0 fully saturated rings. The molecule has 14 heavy (non-hydrogen) atoms. The minimum atomic E-state index is 0.491. The molecule has 0 amide bonds. The topological polar surface area (TPSA) is 24.1 Å². The maximum Gasteiger partial charge on any atom is 0.0579 e. The summed E-state index contributed by atoms with van der Waals surface area (Å²) in [6.07, 6.45) is 0. The third-order valence-electron chi connectivity index (χ3n) is 2.89. The Morgan fingerprint density at radius 1 is 1.07 bits per heavy atom. The van der Waals surface area contributed by atoms with Gasteiger partial charge in [0.25, 0.3) is 0 Å².